The van der Waals surface area contributed by atoms with E-state index in [0.717, 1.165) is 5.56 Å². The van der Waals surface area contributed by atoms with E-state index in [1.807, 2.05) is 13.0 Å². The van der Waals surface area contributed by atoms with Crippen molar-refractivity contribution in [1.29, 1.82) is 0 Å². The van der Waals surface area contributed by atoms with E-state index in [9.17, 15) is 4.39 Å². The minimum atomic E-state index is -0.344. The van der Waals surface area contributed by atoms with E-state index in [-0.39, 0.29) is 17.8 Å². The SMILES string of the molecule is Cc1ccc(C(C)(CN)CCO)cc1F. The van der Waals surface area contributed by atoms with Crippen LogP contribution in [0.2, 0.25) is 0 Å². The van der Waals surface area contributed by atoms with E-state index >= 15 is 0 Å². The molecular weight excluding hydrogens is 193 g/mol. The van der Waals surface area contributed by atoms with Crippen molar-refractivity contribution in [2.24, 2.45) is 5.73 Å². The van der Waals surface area contributed by atoms with Gasteiger partial charge in [-0.25, -0.2) is 4.39 Å². The highest BCUT2D eigenvalue weighted by molar-refractivity contribution is 5.29. The Morgan fingerprint density at radius 1 is 1.47 bits per heavy atom. The lowest BCUT2D eigenvalue weighted by Crippen LogP contribution is -2.33. The molecule has 0 amide bonds. The van der Waals surface area contributed by atoms with Crippen molar-refractivity contribution < 1.29 is 9.50 Å². The maximum atomic E-state index is 13.4. The molecule has 3 N–H and O–H groups in total. The summed E-state index contributed by atoms with van der Waals surface area (Å²) in [4.78, 5) is 0. The quantitative estimate of drug-likeness (QED) is 0.796. The van der Waals surface area contributed by atoms with Gasteiger partial charge in [0.25, 0.3) is 0 Å². The first-order chi connectivity index (χ1) is 7.03. The van der Waals surface area contributed by atoms with Gasteiger partial charge >= 0.3 is 0 Å². The second kappa shape index (κ2) is 4.73. The number of halogens is 1. The van der Waals surface area contributed by atoms with E-state index in [4.69, 9.17) is 10.8 Å². The van der Waals surface area contributed by atoms with E-state index in [1.54, 1.807) is 13.0 Å². The number of nitrogens with two attached hydrogens (primary N) is 1. The van der Waals surface area contributed by atoms with Gasteiger partial charge in [0.15, 0.2) is 0 Å². The van der Waals surface area contributed by atoms with Gasteiger partial charge in [0.2, 0.25) is 0 Å². The van der Waals surface area contributed by atoms with Crippen molar-refractivity contribution >= 4 is 0 Å². The van der Waals surface area contributed by atoms with Crippen LogP contribution in [0.3, 0.4) is 0 Å². The molecule has 0 radical (unpaired) electrons. The summed E-state index contributed by atoms with van der Waals surface area (Å²) in [5, 5.41) is 8.97. The largest absolute Gasteiger partial charge is 0.396 e. The van der Waals surface area contributed by atoms with Crippen LogP contribution >= 0.6 is 0 Å². The molecule has 0 spiro atoms. The van der Waals surface area contributed by atoms with E-state index < -0.39 is 0 Å². The smallest absolute Gasteiger partial charge is 0.126 e. The highest BCUT2D eigenvalue weighted by Gasteiger charge is 2.24. The van der Waals surface area contributed by atoms with Crippen molar-refractivity contribution in [3.05, 3.63) is 35.1 Å². The van der Waals surface area contributed by atoms with Gasteiger partial charge in [0.05, 0.1) is 0 Å². The third kappa shape index (κ3) is 2.55. The molecule has 0 saturated heterocycles. The third-order valence-corrected chi connectivity index (χ3v) is 2.98. The zero-order valence-electron chi connectivity index (χ0n) is 9.26. The Kier molecular flexibility index (Phi) is 3.83. The topological polar surface area (TPSA) is 46.2 Å². The lowest BCUT2D eigenvalue weighted by atomic mass is 9.79. The first kappa shape index (κ1) is 12.1. The van der Waals surface area contributed by atoms with E-state index in [1.165, 1.54) is 6.07 Å². The van der Waals surface area contributed by atoms with Crippen LogP contribution in [0.15, 0.2) is 18.2 Å². The summed E-state index contributed by atoms with van der Waals surface area (Å²) >= 11 is 0. The third-order valence-electron chi connectivity index (χ3n) is 2.98. The second-order valence-electron chi connectivity index (χ2n) is 4.20. The van der Waals surface area contributed by atoms with Crippen LogP contribution in [0.25, 0.3) is 0 Å². The molecule has 84 valence electrons. The molecule has 0 saturated carbocycles. The summed E-state index contributed by atoms with van der Waals surface area (Å²) in [5.74, 6) is -0.217. The Morgan fingerprint density at radius 2 is 2.13 bits per heavy atom. The Morgan fingerprint density at radius 3 is 2.60 bits per heavy atom. The molecule has 1 unspecified atom stereocenters. The predicted octanol–water partition coefficient (Wildman–Crippen LogP) is 1.73. The van der Waals surface area contributed by atoms with Crippen molar-refractivity contribution in [1.82, 2.24) is 0 Å². The van der Waals surface area contributed by atoms with Crippen LogP contribution in [0.4, 0.5) is 4.39 Å². The number of hydrogen-bond acceptors (Lipinski definition) is 2. The van der Waals surface area contributed by atoms with Crippen LogP contribution in [-0.2, 0) is 5.41 Å². The summed E-state index contributed by atoms with van der Waals surface area (Å²) in [5.41, 5.74) is 6.81. The number of aliphatic hydroxyl groups excluding tert-OH is 1. The zero-order valence-corrected chi connectivity index (χ0v) is 9.26. The summed E-state index contributed by atoms with van der Waals surface area (Å²) in [6.45, 7) is 4.12. The first-order valence-corrected chi connectivity index (χ1v) is 5.11. The molecule has 3 heteroatoms. The van der Waals surface area contributed by atoms with Gasteiger partial charge in [-0.1, -0.05) is 19.1 Å². The van der Waals surface area contributed by atoms with Gasteiger partial charge in [-0.3, -0.25) is 0 Å². The second-order valence-corrected chi connectivity index (χ2v) is 4.20. The monoisotopic (exact) mass is 211 g/mol. The Balaban J connectivity index is 3.07. The molecule has 0 aliphatic heterocycles. The molecule has 1 aromatic carbocycles. The Labute approximate surface area is 89.9 Å². The number of aryl methyl sites for hydroxylation is 1. The molecule has 15 heavy (non-hydrogen) atoms. The lowest BCUT2D eigenvalue weighted by Gasteiger charge is -2.28. The number of aliphatic hydroxyl groups is 1. The van der Waals surface area contributed by atoms with Crippen LogP contribution < -0.4 is 5.73 Å². The molecule has 0 aliphatic rings. The molecule has 0 aliphatic carbocycles. The lowest BCUT2D eigenvalue weighted by molar-refractivity contribution is 0.246. The summed E-state index contributed by atoms with van der Waals surface area (Å²) in [7, 11) is 0. The molecule has 0 bridgehead atoms. The average molecular weight is 211 g/mol. The van der Waals surface area contributed by atoms with Gasteiger partial charge < -0.3 is 10.8 Å². The van der Waals surface area contributed by atoms with Gasteiger partial charge in [-0.05, 0) is 30.5 Å². The fourth-order valence-electron chi connectivity index (χ4n) is 1.58. The highest BCUT2D eigenvalue weighted by atomic mass is 19.1. The van der Waals surface area contributed by atoms with Crippen LogP contribution in [0.1, 0.15) is 24.5 Å². The number of benzene rings is 1. The minimum absolute atomic E-state index is 0.0587. The molecule has 2 nitrogen and oxygen atoms in total. The maximum absolute atomic E-state index is 13.4. The summed E-state index contributed by atoms with van der Waals surface area (Å²) < 4.78 is 13.4. The van der Waals surface area contributed by atoms with Crippen molar-refractivity contribution in [3.63, 3.8) is 0 Å². The molecule has 1 aromatic rings. The van der Waals surface area contributed by atoms with Crippen molar-refractivity contribution in [2.45, 2.75) is 25.7 Å². The van der Waals surface area contributed by atoms with Crippen molar-refractivity contribution in [3.8, 4) is 0 Å². The molecule has 1 rings (SSSR count). The first-order valence-electron chi connectivity index (χ1n) is 5.11. The normalized spacial score (nSPS) is 15.0. The summed E-state index contributed by atoms with van der Waals surface area (Å²) in [6, 6.07) is 5.13. The van der Waals surface area contributed by atoms with Gasteiger partial charge in [-0.15, -0.1) is 0 Å². The Bertz CT molecular complexity index is 340. The maximum Gasteiger partial charge on any atom is 0.126 e. The zero-order chi connectivity index (χ0) is 11.5. The van der Waals surface area contributed by atoms with Crippen LogP contribution in [0, 0.1) is 12.7 Å². The van der Waals surface area contributed by atoms with Gasteiger partial charge in [0, 0.05) is 18.6 Å². The number of hydrogen-bond donors (Lipinski definition) is 2. The summed E-state index contributed by atoms with van der Waals surface area (Å²) in [6.07, 6.45) is 0.548. The average Bonchev–Trinajstić information content (AvgIpc) is 2.22. The number of rotatable bonds is 4. The fourth-order valence-corrected chi connectivity index (χ4v) is 1.58. The van der Waals surface area contributed by atoms with Crippen molar-refractivity contribution in [2.75, 3.05) is 13.2 Å². The predicted molar refractivity (Wildman–Crippen MR) is 59.2 cm³/mol. The van der Waals surface area contributed by atoms with E-state index in [0.29, 0.717) is 18.5 Å². The Hall–Kier alpha value is -0.930. The molecule has 0 fully saturated rings. The van der Waals surface area contributed by atoms with Gasteiger partial charge in [0.1, 0.15) is 5.82 Å². The van der Waals surface area contributed by atoms with Gasteiger partial charge in [-0.2, -0.15) is 0 Å². The molecule has 0 aromatic heterocycles. The fraction of sp³-hybridized carbons (Fsp3) is 0.500. The molecular formula is C12H18FNO. The standard InChI is InChI=1S/C12H18FNO/c1-9-3-4-10(7-11(9)13)12(2,8-14)5-6-15/h3-4,7,15H,5-6,8,14H2,1-2H3. The highest BCUT2D eigenvalue weighted by Crippen LogP contribution is 2.27. The van der Waals surface area contributed by atoms with E-state index in [2.05, 4.69) is 0 Å². The molecule has 1 atom stereocenters. The van der Waals surface area contributed by atoms with Crippen LogP contribution in [-0.4, -0.2) is 18.3 Å². The van der Waals surface area contributed by atoms with Crippen LogP contribution in [0.5, 0.6) is 0 Å². The molecule has 0 heterocycles. The minimum Gasteiger partial charge on any atom is -0.396 e.